The van der Waals surface area contributed by atoms with E-state index in [0.717, 1.165) is 23.3 Å². The van der Waals surface area contributed by atoms with Crippen LogP contribution in [0.4, 0.5) is 28.4 Å². The lowest BCUT2D eigenvalue weighted by molar-refractivity contribution is 0.590. The fourth-order valence-corrected chi connectivity index (χ4v) is 12.7. The lowest BCUT2D eigenvalue weighted by Crippen LogP contribution is -2.62. The number of anilines is 5. The van der Waals surface area contributed by atoms with Gasteiger partial charge in [-0.3, -0.25) is 0 Å². The smallest absolute Gasteiger partial charge is 0.252 e. The number of aromatic nitrogens is 1. The number of nitrogens with zero attached hydrogens (tertiary/aromatic N) is 3. The van der Waals surface area contributed by atoms with Crippen LogP contribution in [0, 0.1) is 0 Å². The Morgan fingerprint density at radius 1 is 0.479 bits per heavy atom. The molecule has 73 heavy (non-hydrogen) atoms. The van der Waals surface area contributed by atoms with Gasteiger partial charge in [-0.1, -0.05) is 165 Å². The molecule has 4 nitrogen and oxygen atoms in total. The summed E-state index contributed by atoms with van der Waals surface area (Å²) in [6.45, 7) is 25.8. The van der Waals surface area contributed by atoms with Crippen molar-refractivity contribution >= 4 is 95.3 Å². The number of benzene rings is 8. The second kappa shape index (κ2) is 16.0. The molecule has 2 aromatic heterocycles. The highest BCUT2D eigenvalue weighted by atomic mass is 16.3. The van der Waals surface area contributed by atoms with E-state index in [-0.39, 0.29) is 28.9 Å². The van der Waals surface area contributed by atoms with Crippen LogP contribution in [0.15, 0.2) is 191 Å². The van der Waals surface area contributed by atoms with E-state index in [1.807, 2.05) is 0 Å². The molecular formula is C68H64BN3O. The SMILES string of the molecule is CC1=CC(c2cccc3c2oc2ccccc23)CC(C)=C1N1c2cc3c(cc2B2c4ccc(C(C)(C)C)cc4N(c4ccccc4)c4cc(C(C)(C)C)cc1c42)c1cc(C(C)(C)C)ccc1n3-c1ccccc1. The van der Waals surface area contributed by atoms with E-state index >= 15 is 0 Å². The van der Waals surface area contributed by atoms with Crippen molar-refractivity contribution in [2.75, 3.05) is 9.80 Å². The van der Waals surface area contributed by atoms with Gasteiger partial charge in [0.05, 0.1) is 11.0 Å². The van der Waals surface area contributed by atoms with Gasteiger partial charge >= 0.3 is 0 Å². The van der Waals surface area contributed by atoms with E-state index < -0.39 is 0 Å². The van der Waals surface area contributed by atoms with Gasteiger partial charge < -0.3 is 18.8 Å². The summed E-state index contributed by atoms with van der Waals surface area (Å²) in [5.74, 6) is 0.150. The molecular weight excluding hydrogens is 886 g/mol. The van der Waals surface area contributed by atoms with Crippen LogP contribution in [0.3, 0.4) is 0 Å². The van der Waals surface area contributed by atoms with Gasteiger partial charge in [0.2, 0.25) is 0 Å². The fraction of sp³-hybridized carbons (Fsp3) is 0.235. The molecule has 2 aliphatic heterocycles. The Bertz CT molecular complexity index is 3980. The largest absolute Gasteiger partial charge is 0.456 e. The molecule has 4 heterocycles. The fourth-order valence-electron chi connectivity index (χ4n) is 12.7. The first-order chi connectivity index (χ1) is 34.9. The highest BCUT2D eigenvalue weighted by molar-refractivity contribution is 7.00. The summed E-state index contributed by atoms with van der Waals surface area (Å²) in [7, 11) is 0. The molecule has 360 valence electrons. The van der Waals surface area contributed by atoms with Gasteiger partial charge in [0.1, 0.15) is 11.2 Å². The molecule has 10 aromatic rings. The summed E-state index contributed by atoms with van der Waals surface area (Å²) in [6.07, 6.45) is 3.40. The monoisotopic (exact) mass is 950 g/mol. The molecule has 5 heteroatoms. The molecule has 0 fully saturated rings. The third-order valence-electron chi connectivity index (χ3n) is 16.4. The van der Waals surface area contributed by atoms with Crippen molar-refractivity contribution in [1.29, 1.82) is 0 Å². The van der Waals surface area contributed by atoms with Crippen LogP contribution in [-0.4, -0.2) is 11.3 Å². The second-order valence-corrected chi connectivity index (χ2v) is 24.3. The molecule has 1 unspecified atom stereocenters. The van der Waals surface area contributed by atoms with Crippen molar-refractivity contribution < 1.29 is 4.42 Å². The van der Waals surface area contributed by atoms with E-state index in [1.165, 1.54) is 117 Å². The van der Waals surface area contributed by atoms with Crippen molar-refractivity contribution in [3.63, 3.8) is 0 Å². The molecule has 8 aromatic carbocycles. The Kier molecular flexibility index (Phi) is 9.95. The minimum absolute atomic E-state index is 0.0183. The van der Waals surface area contributed by atoms with Gasteiger partial charge in [-0.25, -0.2) is 0 Å². The molecule has 0 spiro atoms. The lowest BCUT2D eigenvalue weighted by Gasteiger charge is -2.47. The third kappa shape index (κ3) is 7.02. The summed E-state index contributed by atoms with van der Waals surface area (Å²) in [4.78, 5) is 5.28. The van der Waals surface area contributed by atoms with Crippen LogP contribution >= 0.6 is 0 Å². The zero-order valence-corrected chi connectivity index (χ0v) is 44.3. The van der Waals surface area contributed by atoms with E-state index in [1.54, 1.807) is 0 Å². The average molecular weight is 950 g/mol. The number of rotatable bonds is 4. The normalized spacial score (nSPS) is 15.9. The minimum Gasteiger partial charge on any atom is -0.456 e. The molecule has 0 saturated heterocycles. The van der Waals surface area contributed by atoms with Gasteiger partial charge in [0.15, 0.2) is 0 Å². The van der Waals surface area contributed by atoms with E-state index in [4.69, 9.17) is 4.42 Å². The number of hydrogen-bond acceptors (Lipinski definition) is 3. The molecule has 0 saturated carbocycles. The number of fused-ring (bicyclic) bond motifs is 10. The molecule has 3 aliphatic rings. The quantitative estimate of drug-likeness (QED) is 0.164. The number of hydrogen-bond donors (Lipinski definition) is 0. The molecule has 1 atom stereocenters. The van der Waals surface area contributed by atoms with E-state index in [0.29, 0.717) is 0 Å². The van der Waals surface area contributed by atoms with Crippen molar-refractivity contribution in [3.05, 3.63) is 209 Å². The summed E-state index contributed by atoms with van der Waals surface area (Å²) >= 11 is 0. The van der Waals surface area contributed by atoms with Gasteiger partial charge in [0, 0.05) is 72.8 Å². The van der Waals surface area contributed by atoms with Gasteiger partial charge in [-0.15, -0.1) is 0 Å². The highest BCUT2D eigenvalue weighted by Gasteiger charge is 2.46. The average Bonchev–Trinajstić information content (AvgIpc) is 3.92. The Balaban J connectivity index is 1.14. The van der Waals surface area contributed by atoms with Crippen LogP contribution in [0.25, 0.3) is 49.4 Å². The summed E-state index contributed by atoms with van der Waals surface area (Å²) in [6, 6.07) is 62.0. The standard InChI is InChI=1S/C68H64BN3O/c1-41-33-43(49-26-20-27-51-50-25-18-19-28-62(50)73-65(49)51)34-42(2)64(41)72-59-40-57-53(52-35-44(66(3,4)5)30-32-56(52)70(57)47-21-14-12-15-22-47)39-55(59)69-54-31-29-45(67(6,7)8)36-58(54)71(48-23-16-13-17-24-48)60-37-46(68(9,10)11)38-61(72)63(60)69/h12-33,35-40,43H,34H2,1-11H3. The number of para-hydroxylation sites is 4. The van der Waals surface area contributed by atoms with Gasteiger partial charge in [0.25, 0.3) is 6.71 Å². The van der Waals surface area contributed by atoms with Gasteiger partial charge in [-0.2, -0.15) is 0 Å². The predicted molar refractivity (Wildman–Crippen MR) is 312 cm³/mol. The molecule has 1 aliphatic carbocycles. The molecule has 0 radical (unpaired) electrons. The lowest BCUT2D eigenvalue weighted by atomic mass is 9.33. The maximum Gasteiger partial charge on any atom is 0.252 e. The van der Waals surface area contributed by atoms with Crippen LogP contribution in [0.2, 0.25) is 0 Å². The van der Waals surface area contributed by atoms with Crippen LogP contribution in [0.5, 0.6) is 0 Å². The van der Waals surface area contributed by atoms with Crippen molar-refractivity contribution in [1.82, 2.24) is 4.57 Å². The van der Waals surface area contributed by atoms with Crippen LogP contribution in [-0.2, 0) is 16.2 Å². The summed E-state index contributed by atoms with van der Waals surface area (Å²) in [5, 5.41) is 4.91. The van der Waals surface area contributed by atoms with Crippen molar-refractivity contribution in [2.45, 2.75) is 105 Å². The number of allylic oxidation sites excluding steroid dienone is 3. The Labute approximate surface area is 431 Å². The Morgan fingerprint density at radius 3 is 1.77 bits per heavy atom. The second-order valence-electron chi connectivity index (χ2n) is 24.3. The van der Waals surface area contributed by atoms with Crippen molar-refractivity contribution in [2.24, 2.45) is 0 Å². The summed E-state index contributed by atoms with van der Waals surface area (Å²) < 4.78 is 9.22. The predicted octanol–water partition coefficient (Wildman–Crippen LogP) is 16.7. The number of furan rings is 1. The molecule has 0 N–H and O–H groups in total. The Morgan fingerprint density at radius 2 is 1.07 bits per heavy atom. The van der Waals surface area contributed by atoms with Crippen molar-refractivity contribution in [3.8, 4) is 5.69 Å². The summed E-state index contributed by atoms with van der Waals surface area (Å²) in [5.41, 5.74) is 24.6. The maximum atomic E-state index is 6.71. The Hall–Kier alpha value is -7.50. The van der Waals surface area contributed by atoms with Crippen LogP contribution in [0.1, 0.15) is 111 Å². The van der Waals surface area contributed by atoms with E-state index in [9.17, 15) is 0 Å². The zero-order valence-electron chi connectivity index (χ0n) is 44.3. The first kappa shape index (κ1) is 45.4. The molecule has 0 bridgehead atoms. The third-order valence-corrected chi connectivity index (χ3v) is 16.4. The highest BCUT2D eigenvalue weighted by Crippen LogP contribution is 2.50. The maximum absolute atomic E-state index is 6.71. The zero-order chi connectivity index (χ0) is 50.5. The first-order valence-corrected chi connectivity index (χ1v) is 26.4. The first-order valence-electron chi connectivity index (χ1n) is 26.4. The van der Waals surface area contributed by atoms with Gasteiger partial charge in [-0.05, 0) is 147 Å². The topological polar surface area (TPSA) is 24.6 Å². The molecule has 13 rings (SSSR count). The minimum atomic E-state index is -0.144. The van der Waals surface area contributed by atoms with Crippen LogP contribution < -0.4 is 26.2 Å². The van der Waals surface area contributed by atoms with E-state index in [2.05, 4.69) is 260 Å². The molecule has 0 amide bonds.